The van der Waals surface area contributed by atoms with Gasteiger partial charge in [-0.2, -0.15) is 0 Å². The number of nitrogens with zero attached hydrogens (tertiary/aromatic N) is 5. The number of rotatable bonds is 23. The number of anilines is 1. The molecule has 426 valence electrons. The molecule has 0 radical (unpaired) electrons. The van der Waals surface area contributed by atoms with E-state index >= 15 is 0 Å². The predicted octanol–water partition coefficient (Wildman–Crippen LogP) is 8.41. The Morgan fingerprint density at radius 3 is 2.02 bits per heavy atom. The number of unbranched alkanes of at least 4 members (excludes halogenated alkanes) is 2. The Morgan fingerprint density at radius 1 is 0.728 bits per heavy atom. The molecule has 2 unspecified atom stereocenters. The predicted molar refractivity (Wildman–Crippen MR) is 303 cm³/mol. The summed E-state index contributed by atoms with van der Waals surface area (Å²) in [4.78, 5) is 92.4. The fourth-order valence-corrected chi connectivity index (χ4v) is 10.6. The maximum atomic E-state index is 14.1. The number of carbonyl (C=O) groups is 6. The molecular formula is C61H69FN8O11. The molecule has 5 aliphatic heterocycles. The lowest BCUT2D eigenvalue weighted by Gasteiger charge is -2.27. The SMILES string of the molecule is CCC1CC(=O)N(CCCCCC(=O)N[C@H](C(=O)N[C@@H](C)C(=O)Nc2ccc(C3=CN4C(=O)c5cc(OC)c(OCCCOc6cc7c(cc6OC)C(O)N6C=C(c8ccc(F)cc8)C[C@H]6C=N7)cc5N=C[C@@H]4C3)cc2)C(C)C)C1=O. The van der Waals surface area contributed by atoms with Crippen molar-refractivity contribution in [3.63, 3.8) is 0 Å². The summed E-state index contributed by atoms with van der Waals surface area (Å²) in [6.45, 7) is 7.92. The Hall–Kier alpha value is -8.39. The summed E-state index contributed by atoms with van der Waals surface area (Å²) in [7, 11) is 3.03. The highest BCUT2D eigenvalue weighted by Crippen LogP contribution is 2.44. The fraction of sp³-hybridized carbons (Fsp3) is 0.410. The van der Waals surface area contributed by atoms with Gasteiger partial charge in [0.1, 0.15) is 17.9 Å². The Labute approximate surface area is 470 Å². The number of benzene rings is 4. The van der Waals surface area contributed by atoms with Crippen molar-refractivity contribution in [3.8, 4) is 23.0 Å². The van der Waals surface area contributed by atoms with Gasteiger partial charge < -0.3 is 49.8 Å². The molecule has 0 spiro atoms. The largest absolute Gasteiger partial charge is 0.493 e. The standard InChI is InChI=1S/C61H69FN8O11/c1-7-37-26-55(72)68(59(37)75)21-10-8-9-12-54(71)67-56(35(2)3)58(74)65-36(4)57(73)66-43-19-15-39(16-20-43)41-25-45-32-64-49-30-53(51(79-6)28-47(49)61(77)70(45)34-41)81-23-11-22-80-52-29-48-46(27-50(52)78-5)60(76)69-33-40(24-44(69)31-63-48)38-13-17-42(62)18-14-38/h13-20,27-37,44-45,56,60,76H,7-12,21-26H2,1-6H3,(H,65,74)(H,66,73)(H,67,71)/t36-,37?,44-,45-,56-,60?/m0/s1. The lowest BCUT2D eigenvalue weighted by Crippen LogP contribution is -2.53. The molecule has 20 heteroatoms. The Kier molecular flexibility index (Phi) is 18.0. The van der Waals surface area contributed by atoms with Crippen molar-refractivity contribution in [2.75, 3.05) is 39.3 Å². The molecule has 81 heavy (non-hydrogen) atoms. The van der Waals surface area contributed by atoms with Gasteiger partial charge in [-0.05, 0) is 97.2 Å². The number of halogens is 1. The second kappa shape index (κ2) is 25.4. The number of amides is 6. The Morgan fingerprint density at radius 2 is 1.36 bits per heavy atom. The van der Waals surface area contributed by atoms with Crippen LogP contribution in [-0.2, 0) is 24.0 Å². The van der Waals surface area contributed by atoms with Crippen LogP contribution in [0.2, 0.25) is 0 Å². The number of nitrogens with one attached hydrogen (secondary N) is 3. The molecule has 4 aromatic rings. The van der Waals surface area contributed by atoms with Gasteiger partial charge in [0.15, 0.2) is 29.2 Å². The van der Waals surface area contributed by atoms with Crippen molar-refractivity contribution >= 4 is 76.1 Å². The zero-order valence-corrected chi connectivity index (χ0v) is 46.4. The third-order valence-corrected chi connectivity index (χ3v) is 15.3. The summed E-state index contributed by atoms with van der Waals surface area (Å²) in [5, 5.41) is 19.9. The second-order valence-corrected chi connectivity index (χ2v) is 21.2. The minimum absolute atomic E-state index is 0.120. The highest BCUT2D eigenvalue weighted by atomic mass is 19.1. The van der Waals surface area contributed by atoms with E-state index in [4.69, 9.17) is 28.9 Å². The molecule has 4 aromatic carbocycles. The monoisotopic (exact) mass is 1110 g/mol. The number of ether oxygens (including phenoxy) is 4. The van der Waals surface area contributed by atoms with E-state index < -0.39 is 30.1 Å². The maximum Gasteiger partial charge on any atom is 0.260 e. The van der Waals surface area contributed by atoms with Crippen LogP contribution >= 0.6 is 0 Å². The van der Waals surface area contributed by atoms with Crippen molar-refractivity contribution in [2.45, 2.75) is 116 Å². The summed E-state index contributed by atoms with van der Waals surface area (Å²) < 4.78 is 37.3. The molecule has 1 saturated heterocycles. The molecule has 6 amide bonds. The number of hydrogen-bond donors (Lipinski definition) is 4. The van der Waals surface area contributed by atoms with E-state index in [1.54, 1.807) is 86.6 Å². The maximum absolute atomic E-state index is 14.1. The molecule has 5 heterocycles. The van der Waals surface area contributed by atoms with Gasteiger partial charge in [0.25, 0.3) is 5.91 Å². The fourth-order valence-electron chi connectivity index (χ4n) is 10.6. The van der Waals surface area contributed by atoms with Crippen LogP contribution in [0.1, 0.15) is 119 Å². The number of aliphatic imine (C=N–C) groups is 2. The molecule has 5 aliphatic rings. The minimum atomic E-state index is -1.01. The molecule has 0 aromatic heterocycles. The summed E-state index contributed by atoms with van der Waals surface area (Å²) >= 11 is 0. The van der Waals surface area contributed by atoms with Crippen molar-refractivity contribution in [1.29, 1.82) is 0 Å². The topological polar surface area (TPSA) is 230 Å². The zero-order chi connectivity index (χ0) is 57.5. The lowest BCUT2D eigenvalue weighted by molar-refractivity contribution is -0.139. The summed E-state index contributed by atoms with van der Waals surface area (Å²) in [5.41, 5.74) is 5.97. The number of aliphatic hydroxyl groups is 1. The number of imide groups is 1. The van der Waals surface area contributed by atoms with E-state index in [0.717, 1.165) is 22.3 Å². The first-order valence-corrected chi connectivity index (χ1v) is 27.6. The van der Waals surface area contributed by atoms with E-state index in [-0.39, 0.29) is 79.4 Å². The van der Waals surface area contributed by atoms with Crippen LogP contribution in [-0.4, -0.2) is 126 Å². The summed E-state index contributed by atoms with van der Waals surface area (Å²) in [5.74, 6) is -0.910. The first-order valence-electron chi connectivity index (χ1n) is 27.6. The van der Waals surface area contributed by atoms with Crippen LogP contribution in [0.25, 0.3) is 11.1 Å². The van der Waals surface area contributed by atoms with Crippen LogP contribution in [0, 0.1) is 17.7 Å². The van der Waals surface area contributed by atoms with Crippen molar-refractivity contribution in [1.82, 2.24) is 25.3 Å². The van der Waals surface area contributed by atoms with Crippen LogP contribution in [0.5, 0.6) is 23.0 Å². The molecule has 0 saturated carbocycles. The molecular weight excluding hydrogens is 1040 g/mol. The summed E-state index contributed by atoms with van der Waals surface area (Å²) in [6.07, 6.45) is 10.6. The van der Waals surface area contributed by atoms with Crippen molar-refractivity contribution in [3.05, 3.63) is 113 Å². The Balaban J connectivity index is 0.733. The quantitative estimate of drug-likeness (QED) is 0.0405. The van der Waals surface area contributed by atoms with Crippen LogP contribution < -0.4 is 34.9 Å². The minimum Gasteiger partial charge on any atom is -0.493 e. The van der Waals surface area contributed by atoms with E-state index in [2.05, 4.69) is 16.0 Å². The number of aliphatic hydroxyl groups excluding tert-OH is 1. The molecule has 9 rings (SSSR count). The average molecular weight is 1110 g/mol. The summed E-state index contributed by atoms with van der Waals surface area (Å²) in [6, 6.07) is 17.9. The van der Waals surface area contributed by atoms with Gasteiger partial charge in [-0.25, -0.2) is 4.39 Å². The molecule has 6 atom stereocenters. The van der Waals surface area contributed by atoms with Gasteiger partial charge in [-0.1, -0.05) is 51.5 Å². The number of likely N-dealkylation sites (tertiary alicyclic amines) is 1. The second-order valence-electron chi connectivity index (χ2n) is 21.2. The highest BCUT2D eigenvalue weighted by Gasteiger charge is 2.38. The van der Waals surface area contributed by atoms with Crippen LogP contribution in [0.3, 0.4) is 0 Å². The van der Waals surface area contributed by atoms with Crippen molar-refractivity contribution in [2.24, 2.45) is 21.8 Å². The normalized spacial score (nSPS) is 19.6. The van der Waals surface area contributed by atoms with Gasteiger partial charge in [0, 0.05) is 86.4 Å². The van der Waals surface area contributed by atoms with E-state index in [1.165, 1.54) is 31.3 Å². The average Bonchev–Trinajstić information content (AvgIpc) is 4.22. The van der Waals surface area contributed by atoms with Gasteiger partial charge in [0.05, 0.1) is 56.5 Å². The van der Waals surface area contributed by atoms with Gasteiger partial charge in [-0.3, -0.25) is 43.7 Å². The molecule has 1 fully saturated rings. The van der Waals surface area contributed by atoms with E-state index in [1.807, 2.05) is 36.4 Å². The number of carbonyl (C=O) groups excluding carboxylic acids is 6. The van der Waals surface area contributed by atoms with Crippen molar-refractivity contribution < 1.29 is 57.2 Å². The number of fused-ring (bicyclic) bond motifs is 4. The van der Waals surface area contributed by atoms with Crippen LogP contribution in [0.4, 0.5) is 21.5 Å². The lowest BCUT2D eigenvalue weighted by atomic mass is 10.0. The van der Waals surface area contributed by atoms with E-state index in [0.29, 0.717) is 103 Å². The Bertz CT molecular complexity index is 3180. The van der Waals surface area contributed by atoms with Crippen LogP contribution in [0.15, 0.2) is 95.2 Å². The third kappa shape index (κ3) is 13.0. The first-order chi connectivity index (χ1) is 39.0. The molecule has 19 nitrogen and oxygen atoms in total. The molecule has 4 N–H and O–H groups in total. The van der Waals surface area contributed by atoms with Gasteiger partial charge >= 0.3 is 0 Å². The molecule has 0 bridgehead atoms. The first kappa shape index (κ1) is 57.3. The highest BCUT2D eigenvalue weighted by molar-refractivity contribution is 6.06. The third-order valence-electron chi connectivity index (χ3n) is 15.3. The number of hydrogen-bond acceptors (Lipinski definition) is 14. The van der Waals surface area contributed by atoms with Gasteiger partial charge in [-0.15, -0.1) is 0 Å². The number of methoxy groups -OCH3 is 2. The molecule has 0 aliphatic carbocycles. The van der Waals surface area contributed by atoms with Gasteiger partial charge in [0.2, 0.25) is 29.5 Å². The zero-order valence-electron chi connectivity index (χ0n) is 46.4. The smallest absolute Gasteiger partial charge is 0.260 e. The van der Waals surface area contributed by atoms with E-state index in [9.17, 15) is 38.3 Å².